The Bertz CT molecular complexity index is 298. The molecule has 88 valence electrons. The van der Waals surface area contributed by atoms with Gasteiger partial charge in [0.2, 0.25) is 0 Å². The summed E-state index contributed by atoms with van der Waals surface area (Å²) in [7, 11) is 1.98. The highest BCUT2D eigenvalue weighted by atomic mass is 16.5. The quantitative estimate of drug-likeness (QED) is 0.822. The summed E-state index contributed by atoms with van der Waals surface area (Å²) in [5, 5.41) is 3.31. The molecule has 4 heteroatoms. The van der Waals surface area contributed by atoms with Gasteiger partial charge in [-0.3, -0.25) is 0 Å². The fourth-order valence-corrected chi connectivity index (χ4v) is 2.19. The van der Waals surface area contributed by atoms with Crippen molar-refractivity contribution in [2.45, 2.75) is 37.8 Å². The van der Waals surface area contributed by atoms with Crippen LogP contribution >= 0.6 is 0 Å². The average Bonchev–Trinajstić information content (AvgIpc) is 2.84. The van der Waals surface area contributed by atoms with E-state index in [2.05, 4.69) is 15.3 Å². The number of ether oxygens (including phenoxy) is 1. The van der Waals surface area contributed by atoms with E-state index in [0.717, 1.165) is 25.0 Å². The van der Waals surface area contributed by atoms with Crippen LogP contribution in [0, 0.1) is 0 Å². The van der Waals surface area contributed by atoms with Crippen molar-refractivity contribution >= 4 is 0 Å². The lowest BCUT2D eigenvalue weighted by molar-refractivity contribution is 0.0998. The second-order valence-electron chi connectivity index (χ2n) is 4.23. The molecule has 4 nitrogen and oxygen atoms in total. The van der Waals surface area contributed by atoms with Crippen LogP contribution in [0.2, 0.25) is 0 Å². The number of hydrogen-bond acceptors (Lipinski definition) is 4. The van der Waals surface area contributed by atoms with E-state index in [9.17, 15) is 0 Å². The predicted molar refractivity (Wildman–Crippen MR) is 62.0 cm³/mol. The monoisotopic (exact) mass is 221 g/mol. The third kappa shape index (κ3) is 3.00. The fraction of sp³-hybridized carbons (Fsp3) is 0.667. The van der Waals surface area contributed by atoms with Gasteiger partial charge in [-0.05, 0) is 32.7 Å². The third-order valence-corrected chi connectivity index (χ3v) is 3.13. The molecule has 1 aromatic rings. The molecule has 0 aliphatic carbocycles. The van der Waals surface area contributed by atoms with Gasteiger partial charge in [-0.1, -0.05) is 0 Å². The van der Waals surface area contributed by atoms with Crippen molar-refractivity contribution in [1.82, 2.24) is 15.3 Å². The Morgan fingerprint density at radius 3 is 2.94 bits per heavy atom. The first-order valence-electron chi connectivity index (χ1n) is 5.94. The van der Waals surface area contributed by atoms with Gasteiger partial charge in [-0.25, -0.2) is 9.97 Å². The highest BCUT2D eigenvalue weighted by molar-refractivity contribution is 5.08. The maximum atomic E-state index is 5.62. The smallest absolute Gasteiger partial charge is 0.115 e. The van der Waals surface area contributed by atoms with Gasteiger partial charge in [0.15, 0.2) is 0 Å². The molecule has 1 aliphatic heterocycles. The van der Waals surface area contributed by atoms with E-state index in [1.54, 1.807) is 6.33 Å². The van der Waals surface area contributed by atoms with Gasteiger partial charge >= 0.3 is 0 Å². The van der Waals surface area contributed by atoms with Crippen LogP contribution in [0.3, 0.4) is 0 Å². The molecular formula is C12H19N3O. The van der Waals surface area contributed by atoms with Crippen molar-refractivity contribution in [3.63, 3.8) is 0 Å². The third-order valence-electron chi connectivity index (χ3n) is 3.13. The first kappa shape index (κ1) is 11.5. The predicted octanol–water partition coefficient (Wildman–Crippen LogP) is 1.70. The molecule has 0 saturated carbocycles. The van der Waals surface area contributed by atoms with Crippen LogP contribution in [0.1, 0.15) is 37.3 Å². The van der Waals surface area contributed by atoms with Crippen molar-refractivity contribution in [3.05, 3.63) is 24.3 Å². The molecule has 2 atom stereocenters. The summed E-state index contributed by atoms with van der Waals surface area (Å²) in [6, 6.07) is 0.338. The van der Waals surface area contributed by atoms with Crippen LogP contribution in [0.4, 0.5) is 0 Å². The second kappa shape index (κ2) is 5.92. The minimum Gasteiger partial charge on any atom is -0.378 e. The van der Waals surface area contributed by atoms with Crippen molar-refractivity contribution < 1.29 is 4.74 Å². The SMILES string of the molecule is CNC(CCC1CCCO1)c1cncnc1. The summed E-state index contributed by atoms with van der Waals surface area (Å²) >= 11 is 0. The Balaban J connectivity index is 1.85. The van der Waals surface area contributed by atoms with Gasteiger partial charge in [0.25, 0.3) is 0 Å². The van der Waals surface area contributed by atoms with E-state index in [1.165, 1.54) is 12.8 Å². The van der Waals surface area contributed by atoms with Gasteiger partial charge in [-0.15, -0.1) is 0 Å². The number of nitrogens with zero attached hydrogens (tertiary/aromatic N) is 2. The Kier molecular flexibility index (Phi) is 4.25. The highest BCUT2D eigenvalue weighted by Crippen LogP contribution is 2.22. The zero-order chi connectivity index (χ0) is 11.2. The van der Waals surface area contributed by atoms with E-state index in [1.807, 2.05) is 19.4 Å². The van der Waals surface area contributed by atoms with E-state index >= 15 is 0 Å². The van der Waals surface area contributed by atoms with E-state index in [-0.39, 0.29) is 0 Å². The van der Waals surface area contributed by atoms with Crippen LogP contribution in [0.25, 0.3) is 0 Å². The Hall–Kier alpha value is -1.00. The first-order chi connectivity index (χ1) is 7.90. The Labute approximate surface area is 96.4 Å². The van der Waals surface area contributed by atoms with Crippen LogP contribution < -0.4 is 5.32 Å². The lowest BCUT2D eigenvalue weighted by Gasteiger charge is -2.17. The number of nitrogens with one attached hydrogen (secondary N) is 1. The summed E-state index contributed by atoms with van der Waals surface area (Å²) in [5.41, 5.74) is 1.16. The zero-order valence-corrected chi connectivity index (χ0v) is 9.72. The molecule has 2 heterocycles. The molecule has 0 bridgehead atoms. The lowest BCUT2D eigenvalue weighted by atomic mass is 10.0. The molecular weight excluding hydrogens is 202 g/mol. The molecule has 0 aromatic carbocycles. The van der Waals surface area contributed by atoms with Crippen LogP contribution in [-0.4, -0.2) is 29.7 Å². The normalized spacial score (nSPS) is 22.2. The molecule has 0 radical (unpaired) electrons. The Morgan fingerprint density at radius 1 is 1.50 bits per heavy atom. The second-order valence-corrected chi connectivity index (χ2v) is 4.23. The Morgan fingerprint density at radius 2 is 2.31 bits per heavy atom. The fourth-order valence-electron chi connectivity index (χ4n) is 2.19. The topological polar surface area (TPSA) is 47.0 Å². The average molecular weight is 221 g/mol. The van der Waals surface area contributed by atoms with Crippen molar-refractivity contribution in [1.29, 1.82) is 0 Å². The van der Waals surface area contributed by atoms with E-state index in [4.69, 9.17) is 4.74 Å². The molecule has 2 rings (SSSR count). The van der Waals surface area contributed by atoms with E-state index < -0.39 is 0 Å². The van der Waals surface area contributed by atoms with Crippen LogP contribution in [0.15, 0.2) is 18.7 Å². The van der Waals surface area contributed by atoms with Crippen molar-refractivity contribution in [3.8, 4) is 0 Å². The van der Waals surface area contributed by atoms with Gasteiger partial charge in [-0.2, -0.15) is 0 Å². The van der Waals surface area contributed by atoms with Crippen LogP contribution in [0.5, 0.6) is 0 Å². The van der Waals surface area contributed by atoms with Crippen molar-refractivity contribution in [2.75, 3.05) is 13.7 Å². The van der Waals surface area contributed by atoms with Gasteiger partial charge in [0.1, 0.15) is 6.33 Å². The molecule has 1 fully saturated rings. The maximum absolute atomic E-state index is 5.62. The maximum Gasteiger partial charge on any atom is 0.115 e. The van der Waals surface area contributed by atoms with E-state index in [0.29, 0.717) is 12.1 Å². The summed E-state index contributed by atoms with van der Waals surface area (Å²) in [4.78, 5) is 8.10. The standard InChI is InChI=1S/C12H19N3O/c1-13-12(10-7-14-9-15-8-10)5-4-11-3-2-6-16-11/h7-9,11-13H,2-6H2,1H3. The minimum absolute atomic E-state index is 0.338. The molecule has 16 heavy (non-hydrogen) atoms. The number of hydrogen-bond donors (Lipinski definition) is 1. The molecule has 1 saturated heterocycles. The first-order valence-corrected chi connectivity index (χ1v) is 5.94. The number of aromatic nitrogens is 2. The van der Waals surface area contributed by atoms with Crippen LogP contribution in [-0.2, 0) is 4.74 Å². The molecule has 0 amide bonds. The zero-order valence-electron chi connectivity index (χ0n) is 9.72. The molecule has 1 aromatic heterocycles. The van der Waals surface area contributed by atoms with Gasteiger partial charge in [0.05, 0.1) is 6.10 Å². The summed E-state index contributed by atoms with van der Waals surface area (Å²) in [5.74, 6) is 0. The minimum atomic E-state index is 0.338. The number of rotatable bonds is 5. The highest BCUT2D eigenvalue weighted by Gasteiger charge is 2.18. The largest absolute Gasteiger partial charge is 0.378 e. The molecule has 1 N–H and O–H groups in total. The lowest BCUT2D eigenvalue weighted by Crippen LogP contribution is -2.19. The van der Waals surface area contributed by atoms with Gasteiger partial charge in [0, 0.05) is 30.6 Å². The van der Waals surface area contributed by atoms with Gasteiger partial charge < -0.3 is 10.1 Å². The molecule has 0 spiro atoms. The molecule has 1 aliphatic rings. The summed E-state index contributed by atoms with van der Waals surface area (Å²) < 4.78 is 5.62. The summed E-state index contributed by atoms with van der Waals surface area (Å²) in [6.07, 6.45) is 10.4. The molecule has 2 unspecified atom stereocenters. The van der Waals surface area contributed by atoms with Crippen molar-refractivity contribution in [2.24, 2.45) is 0 Å². The summed E-state index contributed by atoms with van der Waals surface area (Å²) in [6.45, 7) is 0.934.